The zero-order valence-corrected chi connectivity index (χ0v) is 8.87. The number of aliphatic carboxylic acids is 1. The third-order valence-electron chi connectivity index (χ3n) is 2.51. The van der Waals surface area contributed by atoms with E-state index in [1.54, 1.807) is 0 Å². The van der Waals surface area contributed by atoms with Crippen LogP contribution in [0.2, 0.25) is 0 Å². The van der Waals surface area contributed by atoms with E-state index in [9.17, 15) is 14.4 Å². The molecule has 92 valence electrons. The van der Waals surface area contributed by atoms with Crippen LogP contribution in [0.5, 0.6) is 0 Å². The summed E-state index contributed by atoms with van der Waals surface area (Å²) < 4.78 is 10.1. The number of amides is 2. The number of carbonyl (C=O) groups is 3. The molecular formula is C10H11NO6. The molecule has 7 heteroatoms. The maximum Gasteiger partial charge on any atom is 0.335 e. The molecule has 0 aromatic rings. The van der Waals surface area contributed by atoms with Crippen LogP contribution in [-0.4, -0.2) is 53.3 Å². The lowest BCUT2D eigenvalue weighted by Crippen LogP contribution is -2.33. The minimum absolute atomic E-state index is 0.0137. The van der Waals surface area contributed by atoms with Gasteiger partial charge in [0, 0.05) is 25.1 Å². The smallest absolute Gasteiger partial charge is 0.335 e. The Kier molecular flexibility index (Phi) is 3.21. The van der Waals surface area contributed by atoms with Crippen molar-refractivity contribution in [1.29, 1.82) is 0 Å². The molecule has 0 spiro atoms. The van der Waals surface area contributed by atoms with E-state index in [2.05, 4.69) is 0 Å². The summed E-state index contributed by atoms with van der Waals surface area (Å²) in [5.74, 6) is -1.83. The molecule has 0 aromatic carbocycles. The van der Waals surface area contributed by atoms with Crippen LogP contribution in [0.15, 0.2) is 12.2 Å². The first kappa shape index (κ1) is 11.7. The lowest BCUT2D eigenvalue weighted by atomic mass is 10.3. The highest BCUT2D eigenvalue weighted by Gasteiger charge is 2.32. The Morgan fingerprint density at radius 3 is 2.59 bits per heavy atom. The maximum absolute atomic E-state index is 11.2. The van der Waals surface area contributed by atoms with Gasteiger partial charge in [0.2, 0.25) is 0 Å². The van der Waals surface area contributed by atoms with Gasteiger partial charge in [0.15, 0.2) is 12.4 Å². The molecule has 2 rings (SSSR count). The first-order chi connectivity index (χ1) is 8.08. The number of nitrogens with zero attached hydrogens (tertiary/aromatic N) is 1. The fourth-order valence-corrected chi connectivity index (χ4v) is 1.62. The Balaban J connectivity index is 1.78. The van der Waals surface area contributed by atoms with E-state index < -0.39 is 18.4 Å². The molecular weight excluding hydrogens is 230 g/mol. The Labute approximate surface area is 96.6 Å². The van der Waals surface area contributed by atoms with Crippen molar-refractivity contribution < 1.29 is 29.0 Å². The molecule has 0 aromatic heterocycles. The molecule has 2 atom stereocenters. The van der Waals surface area contributed by atoms with Gasteiger partial charge in [-0.2, -0.15) is 0 Å². The van der Waals surface area contributed by atoms with Crippen molar-refractivity contribution in [2.24, 2.45) is 0 Å². The van der Waals surface area contributed by atoms with Crippen LogP contribution in [0, 0.1) is 0 Å². The average Bonchev–Trinajstić information content (AvgIpc) is 2.85. The summed E-state index contributed by atoms with van der Waals surface area (Å²) in [5, 5.41) is 8.66. The Morgan fingerprint density at radius 2 is 2.06 bits per heavy atom. The summed E-state index contributed by atoms with van der Waals surface area (Å²) in [5.41, 5.74) is 0. The fraction of sp³-hybridized carbons (Fsp3) is 0.500. The van der Waals surface area contributed by atoms with Gasteiger partial charge in [-0.25, -0.2) is 4.79 Å². The van der Waals surface area contributed by atoms with E-state index in [0.717, 1.165) is 4.90 Å². The van der Waals surface area contributed by atoms with Crippen molar-refractivity contribution in [2.45, 2.75) is 18.8 Å². The molecule has 0 radical (unpaired) electrons. The van der Waals surface area contributed by atoms with Gasteiger partial charge < -0.3 is 14.6 Å². The molecule has 2 aliphatic rings. The second-order valence-corrected chi connectivity index (χ2v) is 3.68. The quantitative estimate of drug-likeness (QED) is 0.643. The maximum atomic E-state index is 11.2. The van der Waals surface area contributed by atoms with Crippen LogP contribution in [0.25, 0.3) is 0 Å². The zero-order chi connectivity index (χ0) is 12.4. The molecule has 1 fully saturated rings. The molecule has 2 amide bonds. The molecule has 2 unspecified atom stereocenters. The first-order valence-electron chi connectivity index (χ1n) is 5.11. The topological polar surface area (TPSA) is 93.1 Å². The van der Waals surface area contributed by atoms with E-state index >= 15 is 0 Å². The highest BCUT2D eigenvalue weighted by molar-refractivity contribution is 6.12. The van der Waals surface area contributed by atoms with Crippen molar-refractivity contribution in [2.75, 3.05) is 13.2 Å². The molecule has 2 aliphatic heterocycles. The molecule has 1 saturated heterocycles. The van der Waals surface area contributed by atoms with Gasteiger partial charge >= 0.3 is 5.97 Å². The van der Waals surface area contributed by atoms with Crippen LogP contribution in [0.3, 0.4) is 0 Å². The van der Waals surface area contributed by atoms with E-state index in [4.69, 9.17) is 14.6 Å². The summed E-state index contributed by atoms with van der Waals surface area (Å²) in [6, 6.07) is 0. The van der Waals surface area contributed by atoms with E-state index in [1.165, 1.54) is 12.2 Å². The summed E-state index contributed by atoms with van der Waals surface area (Å²) in [7, 11) is 0. The molecule has 7 nitrogen and oxygen atoms in total. The first-order valence-corrected chi connectivity index (χ1v) is 5.11. The van der Waals surface area contributed by atoms with E-state index in [-0.39, 0.29) is 31.4 Å². The number of hydrogen-bond acceptors (Lipinski definition) is 5. The number of carboxylic acids is 1. The van der Waals surface area contributed by atoms with E-state index in [1.807, 2.05) is 0 Å². The van der Waals surface area contributed by atoms with Crippen molar-refractivity contribution in [1.82, 2.24) is 4.90 Å². The monoisotopic (exact) mass is 241 g/mol. The minimum atomic E-state index is -1.08. The van der Waals surface area contributed by atoms with Crippen LogP contribution < -0.4 is 0 Å². The number of rotatable bonds is 4. The molecule has 0 bridgehead atoms. The van der Waals surface area contributed by atoms with Crippen LogP contribution in [-0.2, 0) is 23.9 Å². The number of carbonyl (C=O) groups excluding carboxylic acids is 2. The highest BCUT2D eigenvalue weighted by Crippen LogP contribution is 2.16. The van der Waals surface area contributed by atoms with Gasteiger partial charge in [-0.1, -0.05) is 0 Å². The standard InChI is InChI=1S/C10H11NO6/c12-7-1-2-8(13)11(7)4-3-9-16-5-6(17-9)10(14)15/h1-2,6,9H,3-5H2,(H,14,15). The largest absolute Gasteiger partial charge is 0.479 e. The molecule has 0 aliphatic carbocycles. The Hall–Kier alpha value is -1.73. The number of ether oxygens (including phenoxy) is 2. The molecule has 0 saturated carbocycles. The van der Waals surface area contributed by atoms with Crippen molar-refractivity contribution >= 4 is 17.8 Å². The fourth-order valence-electron chi connectivity index (χ4n) is 1.62. The van der Waals surface area contributed by atoms with Gasteiger partial charge in [0.05, 0.1) is 6.61 Å². The predicted octanol–water partition coefficient (Wildman–Crippen LogP) is -0.872. The van der Waals surface area contributed by atoms with Crippen molar-refractivity contribution in [3.05, 3.63) is 12.2 Å². The van der Waals surface area contributed by atoms with Gasteiger partial charge in [-0.05, 0) is 0 Å². The summed E-state index contributed by atoms with van der Waals surface area (Å²) in [4.78, 5) is 34.0. The zero-order valence-electron chi connectivity index (χ0n) is 8.87. The van der Waals surface area contributed by atoms with Crippen LogP contribution >= 0.6 is 0 Å². The summed E-state index contributed by atoms with van der Waals surface area (Å²) in [6.07, 6.45) is 1.00. The van der Waals surface area contributed by atoms with Gasteiger partial charge in [0.1, 0.15) is 0 Å². The Morgan fingerprint density at radius 1 is 1.41 bits per heavy atom. The van der Waals surface area contributed by atoms with E-state index in [0.29, 0.717) is 0 Å². The van der Waals surface area contributed by atoms with Crippen molar-refractivity contribution in [3.8, 4) is 0 Å². The van der Waals surface area contributed by atoms with Gasteiger partial charge in [-0.15, -0.1) is 0 Å². The molecule has 2 heterocycles. The Bertz CT molecular complexity index is 372. The second kappa shape index (κ2) is 4.64. The number of carboxylic acid groups (broad SMARTS) is 1. The van der Waals surface area contributed by atoms with Gasteiger partial charge in [0.25, 0.3) is 11.8 Å². The lowest BCUT2D eigenvalue weighted by Gasteiger charge is -2.16. The number of imide groups is 1. The van der Waals surface area contributed by atoms with Crippen molar-refractivity contribution in [3.63, 3.8) is 0 Å². The normalized spacial score (nSPS) is 28.1. The SMILES string of the molecule is O=C(O)C1COC(CCN2C(=O)C=CC2=O)O1. The molecule has 1 N–H and O–H groups in total. The lowest BCUT2D eigenvalue weighted by molar-refractivity contribution is -0.151. The third-order valence-corrected chi connectivity index (χ3v) is 2.51. The average molecular weight is 241 g/mol. The third kappa shape index (κ3) is 2.51. The minimum Gasteiger partial charge on any atom is -0.479 e. The molecule has 17 heavy (non-hydrogen) atoms. The van der Waals surface area contributed by atoms with Crippen LogP contribution in [0.1, 0.15) is 6.42 Å². The predicted molar refractivity (Wildman–Crippen MR) is 52.7 cm³/mol. The second-order valence-electron chi connectivity index (χ2n) is 3.68. The summed E-state index contributed by atoms with van der Waals surface area (Å²) >= 11 is 0. The van der Waals surface area contributed by atoms with Crippen LogP contribution in [0.4, 0.5) is 0 Å². The number of hydrogen-bond donors (Lipinski definition) is 1. The van der Waals surface area contributed by atoms with Gasteiger partial charge in [-0.3, -0.25) is 14.5 Å². The highest BCUT2D eigenvalue weighted by atomic mass is 16.7. The summed E-state index contributed by atoms with van der Waals surface area (Å²) in [6.45, 7) is 0.141.